The molecule has 0 spiro atoms. The van der Waals surface area contributed by atoms with Gasteiger partial charge in [-0.1, -0.05) is 68.4 Å². The fourth-order valence-electron chi connectivity index (χ4n) is 4.30. The molecule has 0 unspecified atom stereocenters. The Labute approximate surface area is 154 Å². The molecule has 5 rings (SSSR count). The molecule has 1 heteroatoms. The van der Waals surface area contributed by atoms with E-state index in [1.807, 2.05) is 6.07 Å². The van der Waals surface area contributed by atoms with Crippen LogP contribution in [0.15, 0.2) is 78.9 Å². The van der Waals surface area contributed by atoms with E-state index in [0.717, 1.165) is 5.69 Å². The molecule has 0 radical (unpaired) electrons. The predicted octanol–water partition coefficient (Wildman–Crippen LogP) is 6.40. The summed E-state index contributed by atoms with van der Waals surface area (Å²) in [5.74, 6) is 0. The Morgan fingerprint density at radius 1 is 0.615 bits per heavy atom. The third kappa shape index (κ3) is 2.10. The molecular formula is C25H21N. The van der Waals surface area contributed by atoms with Gasteiger partial charge in [-0.05, 0) is 68.4 Å². The quantitative estimate of drug-likeness (QED) is 0.400. The molecule has 0 amide bonds. The zero-order valence-electron chi connectivity index (χ0n) is 15.1. The summed E-state index contributed by atoms with van der Waals surface area (Å²) in [7, 11) is 0. The Kier molecular flexibility index (Phi) is 3.05. The van der Waals surface area contributed by atoms with E-state index in [4.69, 9.17) is 5.73 Å². The number of hydrogen-bond donors (Lipinski definition) is 1. The van der Waals surface area contributed by atoms with E-state index in [1.54, 1.807) is 0 Å². The van der Waals surface area contributed by atoms with Gasteiger partial charge in [0.05, 0.1) is 0 Å². The van der Waals surface area contributed by atoms with Gasteiger partial charge in [0, 0.05) is 11.1 Å². The summed E-state index contributed by atoms with van der Waals surface area (Å²) in [6.07, 6.45) is 0. The molecule has 0 saturated carbocycles. The number of nitrogen functional groups attached to an aromatic ring is 1. The average Bonchev–Trinajstić information content (AvgIpc) is 2.88. The number of hydrogen-bond acceptors (Lipinski definition) is 1. The van der Waals surface area contributed by atoms with Gasteiger partial charge >= 0.3 is 0 Å². The number of rotatable bonds is 1. The third-order valence-corrected chi connectivity index (χ3v) is 5.78. The molecule has 0 aromatic heterocycles. The summed E-state index contributed by atoms with van der Waals surface area (Å²) >= 11 is 0. The van der Waals surface area contributed by atoms with Crippen LogP contribution in [0.25, 0.3) is 33.0 Å². The molecular weight excluding hydrogens is 314 g/mol. The zero-order valence-corrected chi connectivity index (χ0v) is 15.1. The lowest BCUT2D eigenvalue weighted by molar-refractivity contribution is 0.661. The Balaban J connectivity index is 1.69. The predicted molar refractivity (Wildman–Crippen MR) is 111 cm³/mol. The lowest BCUT2D eigenvalue weighted by atomic mass is 9.81. The van der Waals surface area contributed by atoms with E-state index < -0.39 is 0 Å². The van der Waals surface area contributed by atoms with Crippen molar-refractivity contribution in [3.05, 3.63) is 90.0 Å². The molecule has 2 N–H and O–H groups in total. The highest BCUT2D eigenvalue weighted by Crippen LogP contribution is 2.50. The first-order chi connectivity index (χ1) is 12.5. The minimum atomic E-state index is -0.0348. The van der Waals surface area contributed by atoms with Crippen LogP contribution in [0.2, 0.25) is 0 Å². The minimum Gasteiger partial charge on any atom is -0.399 e. The molecule has 0 fully saturated rings. The Morgan fingerprint density at radius 3 is 2.04 bits per heavy atom. The monoisotopic (exact) mass is 335 g/mol. The van der Waals surface area contributed by atoms with E-state index >= 15 is 0 Å². The number of anilines is 1. The molecule has 0 heterocycles. The van der Waals surface area contributed by atoms with Crippen LogP contribution in [-0.2, 0) is 5.41 Å². The first-order valence-electron chi connectivity index (χ1n) is 9.08. The maximum Gasteiger partial charge on any atom is 0.0317 e. The fraction of sp³-hybridized carbons (Fsp3) is 0.120. The summed E-state index contributed by atoms with van der Waals surface area (Å²) < 4.78 is 0. The van der Waals surface area contributed by atoms with Gasteiger partial charge in [0.15, 0.2) is 0 Å². The molecule has 1 nitrogen and oxygen atoms in total. The lowest BCUT2D eigenvalue weighted by Gasteiger charge is -2.22. The fourth-order valence-corrected chi connectivity index (χ4v) is 4.30. The topological polar surface area (TPSA) is 26.0 Å². The summed E-state index contributed by atoms with van der Waals surface area (Å²) in [6, 6.07) is 28.4. The lowest BCUT2D eigenvalue weighted by Crippen LogP contribution is -2.15. The molecule has 0 saturated heterocycles. The SMILES string of the molecule is CC1(C)c2cc(N)ccc2-c2ccc(-c3ccc4ccccc4c3)cc21. The van der Waals surface area contributed by atoms with E-state index in [2.05, 4.69) is 86.6 Å². The molecule has 4 aromatic rings. The van der Waals surface area contributed by atoms with Crippen molar-refractivity contribution in [2.45, 2.75) is 19.3 Å². The van der Waals surface area contributed by atoms with Gasteiger partial charge in [-0.15, -0.1) is 0 Å². The van der Waals surface area contributed by atoms with E-state index in [0.29, 0.717) is 0 Å². The Hall–Kier alpha value is -3.06. The molecule has 0 aliphatic heterocycles. The summed E-state index contributed by atoms with van der Waals surface area (Å²) in [5.41, 5.74) is 14.7. The molecule has 0 atom stereocenters. The van der Waals surface area contributed by atoms with Crippen molar-refractivity contribution in [2.75, 3.05) is 5.73 Å². The maximum atomic E-state index is 6.06. The first-order valence-corrected chi connectivity index (χ1v) is 9.08. The third-order valence-electron chi connectivity index (χ3n) is 5.78. The van der Waals surface area contributed by atoms with E-state index in [-0.39, 0.29) is 5.41 Å². The zero-order chi connectivity index (χ0) is 17.9. The van der Waals surface area contributed by atoms with Crippen molar-refractivity contribution in [1.82, 2.24) is 0 Å². The Morgan fingerprint density at radius 2 is 1.23 bits per heavy atom. The minimum absolute atomic E-state index is 0.0348. The molecule has 126 valence electrons. The van der Waals surface area contributed by atoms with Gasteiger partial charge in [0.25, 0.3) is 0 Å². The Bertz CT molecular complexity index is 1170. The first kappa shape index (κ1) is 15.2. The maximum absolute atomic E-state index is 6.06. The molecule has 1 aliphatic carbocycles. The molecule has 1 aliphatic rings. The second-order valence-corrected chi connectivity index (χ2v) is 7.75. The smallest absolute Gasteiger partial charge is 0.0317 e. The van der Waals surface area contributed by atoms with Crippen LogP contribution >= 0.6 is 0 Å². The van der Waals surface area contributed by atoms with Gasteiger partial charge in [0.1, 0.15) is 0 Å². The van der Waals surface area contributed by atoms with Crippen LogP contribution in [0.3, 0.4) is 0 Å². The second kappa shape index (κ2) is 5.22. The van der Waals surface area contributed by atoms with Crippen LogP contribution in [0, 0.1) is 0 Å². The van der Waals surface area contributed by atoms with Gasteiger partial charge in [-0.3, -0.25) is 0 Å². The summed E-state index contributed by atoms with van der Waals surface area (Å²) in [5, 5.41) is 2.56. The number of nitrogens with two attached hydrogens (primary N) is 1. The second-order valence-electron chi connectivity index (χ2n) is 7.75. The van der Waals surface area contributed by atoms with Gasteiger partial charge in [0.2, 0.25) is 0 Å². The molecule has 0 bridgehead atoms. The van der Waals surface area contributed by atoms with E-state index in [1.165, 1.54) is 44.2 Å². The average molecular weight is 335 g/mol. The number of benzene rings is 4. The van der Waals surface area contributed by atoms with Crippen molar-refractivity contribution >= 4 is 16.5 Å². The van der Waals surface area contributed by atoms with Crippen LogP contribution in [0.1, 0.15) is 25.0 Å². The van der Waals surface area contributed by atoms with Crippen LogP contribution < -0.4 is 5.73 Å². The summed E-state index contributed by atoms with van der Waals surface area (Å²) in [4.78, 5) is 0. The van der Waals surface area contributed by atoms with Crippen molar-refractivity contribution in [3.8, 4) is 22.3 Å². The van der Waals surface area contributed by atoms with Crippen molar-refractivity contribution in [2.24, 2.45) is 0 Å². The highest BCUT2D eigenvalue weighted by atomic mass is 14.5. The number of fused-ring (bicyclic) bond motifs is 4. The highest BCUT2D eigenvalue weighted by Gasteiger charge is 2.35. The normalized spacial score (nSPS) is 14.2. The summed E-state index contributed by atoms with van der Waals surface area (Å²) in [6.45, 7) is 4.59. The van der Waals surface area contributed by atoms with E-state index in [9.17, 15) is 0 Å². The van der Waals surface area contributed by atoms with Crippen molar-refractivity contribution < 1.29 is 0 Å². The molecule has 26 heavy (non-hydrogen) atoms. The van der Waals surface area contributed by atoms with Crippen LogP contribution in [-0.4, -0.2) is 0 Å². The van der Waals surface area contributed by atoms with Gasteiger partial charge in [-0.25, -0.2) is 0 Å². The van der Waals surface area contributed by atoms with Crippen LogP contribution in [0.4, 0.5) is 5.69 Å². The highest BCUT2D eigenvalue weighted by molar-refractivity contribution is 5.89. The van der Waals surface area contributed by atoms with Crippen LogP contribution in [0.5, 0.6) is 0 Å². The van der Waals surface area contributed by atoms with Gasteiger partial charge < -0.3 is 5.73 Å². The molecule has 4 aromatic carbocycles. The largest absolute Gasteiger partial charge is 0.399 e. The van der Waals surface area contributed by atoms with Gasteiger partial charge in [-0.2, -0.15) is 0 Å². The standard InChI is InChI=1S/C25H21N/c1-25(2)23-14-19(18-8-7-16-5-3-4-6-17(16)13-18)9-11-21(23)22-12-10-20(26)15-24(22)25/h3-15H,26H2,1-2H3. The van der Waals surface area contributed by atoms with Crippen molar-refractivity contribution in [1.29, 1.82) is 0 Å². The van der Waals surface area contributed by atoms with Crippen molar-refractivity contribution in [3.63, 3.8) is 0 Å².